The average Bonchev–Trinajstić information content (AvgIpc) is 2.59. The van der Waals surface area contributed by atoms with Crippen molar-refractivity contribution < 1.29 is 9.47 Å². The van der Waals surface area contributed by atoms with Crippen molar-refractivity contribution in [1.82, 2.24) is 0 Å². The molecule has 1 radical (unpaired) electrons. The Hall–Kier alpha value is -0.0800. The average molecular weight is 167 g/mol. The molecule has 2 nitrogen and oxygen atoms in total. The lowest BCUT2D eigenvalue weighted by Gasteiger charge is -2.38. The molecule has 1 saturated heterocycles. The number of ether oxygens (including phenoxy) is 2. The van der Waals surface area contributed by atoms with Crippen LogP contribution in [0.5, 0.6) is 0 Å². The largest absolute Gasteiger partial charge is 0.347 e. The fourth-order valence-corrected chi connectivity index (χ4v) is 3.12. The maximum Gasteiger partial charge on any atom is 0.174 e. The summed E-state index contributed by atoms with van der Waals surface area (Å²) in [6, 6.07) is 0. The van der Waals surface area contributed by atoms with Crippen molar-refractivity contribution in [3.05, 3.63) is 6.42 Å². The second kappa shape index (κ2) is 2.46. The van der Waals surface area contributed by atoms with Gasteiger partial charge in [0.15, 0.2) is 5.79 Å². The topological polar surface area (TPSA) is 18.5 Å². The molecule has 2 aliphatic carbocycles. The van der Waals surface area contributed by atoms with E-state index in [1.165, 1.54) is 25.7 Å². The van der Waals surface area contributed by atoms with Gasteiger partial charge in [-0.05, 0) is 32.1 Å². The molecule has 0 aromatic rings. The lowest BCUT2D eigenvalue weighted by molar-refractivity contribution is -0.216. The first-order valence-corrected chi connectivity index (χ1v) is 5.01. The third-order valence-corrected chi connectivity index (χ3v) is 3.64. The van der Waals surface area contributed by atoms with Crippen LogP contribution in [0.25, 0.3) is 0 Å². The van der Waals surface area contributed by atoms with Crippen molar-refractivity contribution in [1.29, 1.82) is 0 Å². The molecule has 1 spiro atoms. The maximum atomic E-state index is 5.83. The van der Waals surface area contributed by atoms with E-state index in [0.29, 0.717) is 11.8 Å². The number of rotatable bonds is 0. The van der Waals surface area contributed by atoms with E-state index >= 15 is 0 Å². The highest BCUT2D eigenvalue weighted by Gasteiger charge is 2.56. The molecule has 2 bridgehead atoms. The summed E-state index contributed by atoms with van der Waals surface area (Å²) >= 11 is 0. The van der Waals surface area contributed by atoms with Crippen molar-refractivity contribution >= 4 is 0 Å². The van der Waals surface area contributed by atoms with Gasteiger partial charge in [-0.3, -0.25) is 0 Å². The zero-order valence-corrected chi connectivity index (χ0v) is 7.29. The Morgan fingerprint density at radius 2 is 1.58 bits per heavy atom. The summed E-state index contributed by atoms with van der Waals surface area (Å²) < 4.78 is 11.7. The smallest absolute Gasteiger partial charge is 0.174 e. The second-order valence-electron chi connectivity index (χ2n) is 4.15. The van der Waals surface area contributed by atoms with Crippen molar-refractivity contribution in [2.45, 2.75) is 31.5 Å². The number of hydrogen-bond acceptors (Lipinski definition) is 2. The lowest BCUT2D eigenvalue weighted by atomic mass is 9.83. The minimum atomic E-state index is -0.130. The normalized spacial score (nSPS) is 44.0. The van der Waals surface area contributed by atoms with Crippen LogP contribution < -0.4 is 0 Å². The molecular formula is C10H15O2. The fraction of sp³-hybridized carbons (Fsp3) is 0.900. The first kappa shape index (κ1) is 7.34. The summed E-state index contributed by atoms with van der Waals surface area (Å²) in [5, 5.41) is 0. The van der Waals surface area contributed by atoms with Crippen LogP contribution in [-0.2, 0) is 9.47 Å². The van der Waals surface area contributed by atoms with E-state index in [0.717, 1.165) is 13.2 Å². The predicted octanol–water partition coefficient (Wildman–Crippen LogP) is 1.75. The van der Waals surface area contributed by atoms with Crippen LogP contribution in [0.1, 0.15) is 25.7 Å². The van der Waals surface area contributed by atoms with E-state index in [9.17, 15) is 0 Å². The molecule has 0 aromatic heterocycles. The van der Waals surface area contributed by atoms with Gasteiger partial charge < -0.3 is 9.47 Å². The predicted molar refractivity (Wildman–Crippen MR) is 44.4 cm³/mol. The molecule has 1 heterocycles. The van der Waals surface area contributed by atoms with Crippen LogP contribution in [0, 0.1) is 18.3 Å². The van der Waals surface area contributed by atoms with Crippen LogP contribution in [0.2, 0.25) is 0 Å². The summed E-state index contributed by atoms with van der Waals surface area (Å²) in [6.45, 7) is 1.62. The van der Waals surface area contributed by atoms with E-state index in [-0.39, 0.29) is 5.79 Å². The Morgan fingerprint density at radius 1 is 1.00 bits per heavy atom. The second-order valence-corrected chi connectivity index (χ2v) is 4.15. The van der Waals surface area contributed by atoms with Crippen molar-refractivity contribution in [2.24, 2.45) is 11.8 Å². The summed E-state index contributed by atoms with van der Waals surface area (Å²) in [5.74, 6) is 1.20. The maximum absolute atomic E-state index is 5.83. The molecule has 12 heavy (non-hydrogen) atoms. The first-order chi connectivity index (χ1) is 5.92. The van der Waals surface area contributed by atoms with Gasteiger partial charge in [0.2, 0.25) is 0 Å². The zero-order valence-electron chi connectivity index (χ0n) is 7.29. The Kier molecular flexibility index (Phi) is 1.50. The van der Waals surface area contributed by atoms with Crippen LogP contribution in [0.4, 0.5) is 0 Å². The van der Waals surface area contributed by atoms with E-state index in [1.807, 2.05) is 0 Å². The minimum Gasteiger partial charge on any atom is -0.347 e. The summed E-state index contributed by atoms with van der Waals surface area (Å²) in [5.41, 5.74) is 0. The van der Waals surface area contributed by atoms with Crippen molar-refractivity contribution in [2.75, 3.05) is 13.2 Å². The minimum absolute atomic E-state index is 0.130. The van der Waals surface area contributed by atoms with Crippen LogP contribution in [0.15, 0.2) is 0 Å². The standard InChI is InChI=1S/C10H15O2/c1-2-8-4-5-9(3-1)10(8)11-6-7-12-10/h1,8-9H,2-7H2. The van der Waals surface area contributed by atoms with E-state index in [4.69, 9.17) is 9.47 Å². The third kappa shape index (κ3) is 0.775. The molecule has 3 rings (SSSR count). The third-order valence-electron chi connectivity index (χ3n) is 3.64. The molecule has 2 atom stereocenters. The molecule has 0 amide bonds. The van der Waals surface area contributed by atoms with Crippen LogP contribution in [0.3, 0.4) is 0 Å². The SMILES string of the molecule is [CH]1CC2CCC(C1)C21OCCO1. The molecule has 3 fully saturated rings. The highest BCUT2D eigenvalue weighted by Crippen LogP contribution is 2.53. The fourth-order valence-electron chi connectivity index (χ4n) is 3.12. The van der Waals surface area contributed by atoms with Gasteiger partial charge in [0.05, 0.1) is 13.2 Å². The molecule has 2 unspecified atom stereocenters. The van der Waals surface area contributed by atoms with Gasteiger partial charge in [-0.2, -0.15) is 0 Å². The Morgan fingerprint density at radius 3 is 2.17 bits per heavy atom. The van der Waals surface area contributed by atoms with Crippen LogP contribution in [-0.4, -0.2) is 19.0 Å². The summed E-state index contributed by atoms with van der Waals surface area (Å²) in [4.78, 5) is 0. The Bertz CT molecular complexity index is 166. The molecule has 0 aromatic carbocycles. The van der Waals surface area contributed by atoms with Gasteiger partial charge in [-0.1, -0.05) is 0 Å². The van der Waals surface area contributed by atoms with Gasteiger partial charge in [0.1, 0.15) is 0 Å². The van der Waals surface area contributed by atoms with Gasteiger partial charge in [0, 0.05) is 11.8 Å². The number of hydrogen-bond donors (Lipinski definition) is 0. The first-order valence-electron chi connectivity index (χ1n) is 5.01. The molecule has 0 N–H and O–H groups in total. The summed E-state index contributed by atoms with van der Waals surface area (Å²) in [7, 11) is 0. The Balaban J connectivity index is 1.92. The highest BCUT2D eigenvalue weighted by molar-refractivity contribution is 5.03. The highest BCUT2D eigenvalue weighted by atomic mass is 16.7. The van der Waals surface area contributed by atoms with E-state index < -0.39 is 0 Å². The van der Waals surface area contributed by atoms with Crippen LogP contribution >= 0.6 is 0 Å². The zero-order chi connectivity index (χ0) is 8.02. The van der Waals surface area contributed by atoms with Gasteiger partial charge in [0.25, 0.3) is 0 Å². The van der Waals surface area contributed by atoms with Gasteiger partial charge in [-0.15, -0.1) is 0 Å². The van der Waals surface area contributed by atoms with Crippen molar-refractivity contribution in [3.8, 4) is 0 Å². The van der Waals surface area contributed by atoms with Gasteiger partial charge >= 0.3 is 0 Å². The molecule has 2 heteroatoms. The molecule has 67 valence electrons. The quantitative estimate of drug-likeness (QED) is 0.547. The van der Waals surface area contributed by atoms with E-state index in [1.54, 1.807) is 0 Å². The van der Waals surface area contributed by atoms with Crippen molar-refractivity contribution in [3.63, 3.8) is 0 Å². The Labute approximate surface area is 73.2 Å². The monoisotopic (exact) mass is 167 g/mol. The molecule has 1 aliphatic heterocycles. The molecule has 3 aliphatic rings. The van der Waals surface area contributed by atoms with Gasteiger partial charge in [-0.25, -0.2) is 0 Å². The summed E-state index contributed by atoms with van der Waals surface area (Å²) in [6.07, 6.45) is 7.44. The lowest BCUT2D eigenvalue weighted by Crippen LogP contribution is -2.43. The molecular weight excluding hydrogens is 152 g/mol. The molecule has 2 saturated carbocycles. The van der Waals surface area contributed by atoms with E-state index in [2.05, 4.69) is 6.42 Å².